The zero-order valence-corrected chi connectivity index (χ0v) is 16.4. The number of pyridine rings is 1. The van der Waals surface area contributed by atoms with Crippen LogP contribution in [-0.2, 0) is 0 Å². The molecule has 0 bridgehead atoms. The lowest BCUT2D eigenvalue weighted by molar-refractivity contribution is 0.0951. The van der Waals surface area contributed by atoms with Gasteiger partial charge in [0.25, 0.3) is 17.4 Å². The van der Waals surface area contributed by atoms with Gasteiger partial charge in [-0.3, -0.25) is 19.0 Å². The maximum absolute atomic E-state index is 12.7. The Labute approximate surface area is 169 Å². The van der Waals surface area contributed by atoms with Gasteiger partial charge in [-0.15, -0.1) is 0 Å². The van der Waals surface area contributed by atoms with E-state index >= 15 is 0 Å². The van der Waals surface area contributed by atoms with E-state index in [1.54, 1.807) is 42.6 Å². The van der Waals surface area contributed by atoms with Crippen LogP contribution in [0.3, 0.4) is 0 Å². The van der Waals surface area contributed by atoms with Crippen LogP contribution in [-0.4, -0.2) is 22.9 Å². The maximum Gasteiger partial charge on any atom is 0.267 e. The fourth-order valence-corrected chi connectivity index (χ4v) is 2.90. The molecule has 3 rings (SSSR count). The highest BCUT2D eigenvalue weighted by atomic mass is 16.2. The van der Waals surface area contributed by atoms with Gasteiger partial charge in [-0.05, 0) is 61.9 Å². The molecule has 6 nitrogen and oxygen atoms in total. The normalized spacial score (nSPS) is 10.4. The number of amides is 2. The van der Waals surface area contributed by atoms with Gasteiger partial charge in [0.2, 0.25) is 0 Å². The Morgan fingerprint density at radius 1 is 0.966 bits per heavy atom. The second-order valence-corrected chi connectivity index (χ2v) is 6.72. The number of hydrogen-bond donors (Lipinski definition) is 2. The number of aryl methyl sites for hydroxylation is 1. The summed E-state index contributed by atoms with van der Waals surface area (Å²) in [5.74, 6) is -0.582. The summed E-state index contributed by atoms with van der Waals surface area (Å²) in [6.07, 6.45) is 2.40. The number of aromatic nitrogens is 1. The molecule has 0 fully saturated rings. The van der Waals surface area contributed by atoms with Crippen molar-refractivity contribution >= 4 is 17.5 Å². The van der Waals surface area contributed by atoms with E-state index in [-0.39, 0.29) is 17.4 Å². The van der Waals surface area contributed by atoms with Gasteiger partial charge in [0, 0.05) is 29.7 Å². The Morgan fingerprint density at radius 2 is 1.72 bits per heavy atom. The molecule has 2 amide bonds. The topological polar surface area (TPSA) is 80.2 Å². The number of carbonyl (C=O) groups excluding carboxylic acids is 2. The molecule has 0 aliphatic carbocycles. The first-order chi connectivity index (χ1) is 14.0. The Kier molecular flexibility index (Phi) is 6.24. The van der Waals surface area contributed by atoms with Crippen LogP contribution in [0.5, 0.6) is 0 Å². The molecule has 0 atom stereocenters. The number of anilines is 1. The van der Waals surface area contributed by atoms with E-state index in [9.17, 15) is 14.4 Å². The quantitative estimate of drug-likeness (QED) is 0.677. The highest BCUT2D eigenvalue weighted by molar-refractivity contribution is 6.04. The molecule has 0 aliphatic rings. The van der Waals surface area contributed by atoms with E-state index in [4.69, 9.17) is 0 Å². The Morgan fingerprint density at radius 3 is 2.41 bits per heavy atom. The number of benzene rings is 2. The monoisotopic (exact) mass is 389 g/mol. The summed E-state index contributed by atoms with van der Waals surface area (Å²) >= 11 is 0. The third kappa shape index (κ3) is 4.79. The number of nitrogens with one attached hydrogen (secondary N) is 2. The smallest absolute Gasteiger partial charge is 0.267 e. The molecule has 0 saturated carbocycles. The van der Waals surface area contributed by atoms with Gasteiger partial charge in [0.05, 0.1) is 0 Å². The van der Waals surface area contributed by atoms with Gasteiger partial charge in [0.1, 0.15) is 5.56 Å². The van der Waals surface area contributed by atoms with Crippen molar-refractivity contribution in [2.75, 3.05) is 11.9 Å². The zero-order valence-electron chi connectivity index (χ0n) is 16.4. The molecule has 0 aliphatic heterocycles. The third-order valence-corrected chi connectivity index (χ3v) is 4.41. The fraction of sp³-hybridized carbons (Fsp3) is 0.174. The van der Waals surface area contributed by atoms with E-state index in [0.717, 1.165) is 12.0 Å². The van der Waals surface area contributed by atoms with Crippen molar-refractivity contribution < 1.29 is 9.59 Å². The number of carbonyl (C=O) groups is 2. The van der Waals surface area contributed by atoms with Gasteiger partial charge >= 0.3 is 0 Å². The van der Waals surface area contributed by atoms with Gasteiger partial charge < -0.3 is 10.6 Å². The Balaban J connectivity index is 1.79. The van der Waals surface area contributed by atoms with Crippen molar-refractivity contribution in [1.29, 1.82) is 0 Å². The van der Waals surface area contributed by atoms with Crippen LogP contribution in [0.15, 0.2) is 71.7 Å². The van der Waals surface area contributed by atoms with E-state index < -0.39 is 5.56 Å². The van der Waals surface area contributed by atoms with Gasteiger partial charge in [-0.1, -0.05) is 24.6 Å². The first-order valence-electron chi connectivity index (χ1n) is 9.48. The predicted octanol–water partition coefficient (Wildman–Crippen LogP) is 3.54. The molecule has 3 aromatic rings. The van der Waals surface area contributed by atoms with Crippen LogP contribution in [0, 0.1) is 6.92 Å². The lowest BCUT2D eigenvalue weighted by Gasteiger charge is -2.10. The van der Waals surface area contributed by atoms with Gasteiger partial charge in [-0.25, -0.2) is 0 Å². The van der Waals surface area contributed by atoms with Crippen LogP contribution < -0.4 is 16.2 Å². The predicted molar refractivity (Wildman–Crippen MR) is 114 cm³/mol. The van der Waals surface area contributed by atoms with Crippen LogP contribution in [0.4, 0.5) is 5.69 Å². The molecule has 148 valence electrons. The minimum absolute atomic E-state index is 0.0952. The molecule has 1 aromatic heterocycles. The first-order valence-corrected chi connectivity index (χ1v) is 9.48. The molecule has 6 heteroatoms. The minimum Gasteiger partial charge on any atom is -0.352 e. The number of nitrogens with zero attached hydrogens (tertiary/aromatic N) is 1. The lowest BCUT2D eigenvalue weighted by atomic mass is 10.1. The highest BCUT2D eigenvalue weighted by Gasteiger charge is 2.12. The Bertz CT molecular complexity index is 1090. The molecule has 1 heterocycles. The molecule has 2 aromatic carbocycles. The molecule has 0 unspecified atom stereocenters. The summed E-state index contributed by atoms with van der Waals surface area (Å²) in [6, 6.07) is 17.4. The molecular weight excluding hydrogens is 366 g/mol. The summed E-state index contributed by atoms with van der Waals surface area (Å²) in [4.78, 5) is 37.2. The molecule has 2 N–H and O–H groups in total. The standard InChI is InChI=1S/C23H23N3O3/c1-3-13-24-22(28)20-8-5-14-26(23(20)29)19-11-9-18(10-12-19)25-21(27)17-7-4-6-16(2)15-17/h4-12,14-15H,3,13H2,1-2H3,(H,24,28)(H,25,27). The van der Waals surface area contributed by atoms with E-state index in [0.29, 0.717) is 23.5 Å². The molecular formula is C23H23N3O3. The van der Waals surface area contributed by atoms with Crippen LogP contribution in [0.25, 0.3) is 5.69 Å². The summed E-state index contributed by atoms with van der Waals surface area (Å²) in [5, 5.41) is 5.56. The van der Waals surface area contributed by atoms with Crippen molar-refractivity contribution in [3.8, 4) is 5.69 Å². The fourth-order valence-electron chi connectivity index (χ4n) is 2.90. The van der Waals surface area contributed by atoms with Crippen LogP contribution in [0.1, 0.15) is 39.6 Å². The van der Waals surface area contributed by atoms with E-state index in [2.05, 4.69) is 10.6 Å². The molecule has 0 radical (unpaired) electrons. The van der Waals surface area contributed by atoms with Crippen molar-refractivity contribution in [2.24, 2.45) is 0 Å². The summed E-state index contributed by atoms with van der Waals surface area (Å²) < 4.78 is 1.41. The van der Waals surface area contributed by atoms with Crippen LogP contribution >= 0.6 is 0 Å². The summed E-state index contributed by atoms with van der Waals surface area (Å²) in [7, 11) is 0. The molecule has 29 heavy (non-hydrogen) atoms. The maximum atomic E-state index is 12.7. The van der Waals surface area contributed by atoms with E-state index in [1.165, 1.54) is 10.6 Å². The summed E-state index contributed by atoms with van der Waals surface area (Å²) in [6.45, 7) is 4.39. The number of rotatable bonds is 6. The van der Waals surface area contributed by atoms with Crippen molar-refractivity contribution in [2.45, 2.75) is 20.3 Å². The molecule has 0 spiro atoms. The average Bonchev–Trinajstić information content (AvgIpc) is 2.73. The average molecular weight is 389 g/mol. The van der Waals surface area contributed by atoms with Crippen molar-refractivity contribution in [3.63, 3.8) is 0 Å². The Hall–Kier alpha value is -3.67. The van der Waals surface area contributed by atoms with Gasteiger partial charge in [0.15, 0.2) is 0 Å². The number of hydrogen-bond acceptors (Lipinski definition) is 3. The van der Waals surface area contributed by atoms with Gasteiger partial charge in [-0.2, -0.15) is 0 Å². The zero-order chi connectivity index (χ0) is 20.8. The highest BCUT2D eigenvalue weighted by Crippen LogP contribution is 2.14. The van der Waals surface area contributed by atoms with Crippen molar-refractivity contribution in [1.82, 2.24) is 9.88 Å². The minimum atomic E-state index is -0.391. The molecule has 0 saturated heterocycles. The van der Waals surface area contributed by atoms with Crippen LogP contribution in [0.2, 0.25) is 0 Å². The van der Waals surface area contributed by atoms with E-state index in [1.807, 2.05) is 32.0 Å². The van der Waals surface area contributed by atoms with Crippen molar-refractivity contribution in [3.05, 3.63) is 93.9 Å². The summed E-state index contributed by atoms with van der Waals surface area (Å²) in [5.41, 5.74) is 2.51. The lowest BCUT2D eigenvalue weighted by Crippen LogP contribution is -2.32. The second kappa shape index (κ2) is 9.01. The largest absolute Gasteiger partial charge is 0.352 e. The third-order valence-electron chi connectivity index (χ3n) is 4.41. The first kappa shape index (κ1) is 20.1. The second-order valence-electron chi connectivity index (χ2n) is 6.72. The SMILES string of the molecule is CCCNC(=O)c1cccn(-c2ccc(NC(=O)c3cccc(C)c3)cc2)c1=O.